The van der Waals surface area contributed by atoms with E-state index in [-0.39, 0.29) is 61.9 Å². The molecule has 2 aliphatic heterocycles. The zero-order chi connectivity index (χ0) is 62.6. The van der Waals surface area contributed by atoms with Gasteiger partial charge in [-0.05, 0) is 133 Å². The minimum Gasteiger partial charge on any atom is -0.492 e. The molecule has 9 amide bonds. The SMILES string of the molecule is CCC(=O)N1c2ccccc2[C@H](N(C(=O)OCc2ccc(NC(=O)[C@H](C)NC(=O)[C@@H](NC(=O)OCC3c4ccccc4-c4ccccc43)C(C)C)cc2)c2ccc(NC(=O)CNC(=O)Nc3ccc(OCCN4CCN(C)C(=O)[C@H]4C)cc3)cc2)C[C@@H]1C. The number of carbonyl (C=O) groups excluding carboxylic acids is 8. The molecule has 2 heterocycles. The zero-order valence-corrected chi connectivity index (χ0v) is 50.5. The summed E-state index contributed by atoms with van der Waals surface area (Å²) in [5.74, 6) is -1.43. The van der Waals surface area contributed by atoms with E-state index in [1.54, 1.807) is 115 Å². The van der Waals surface area contributed by atoms with Gasteiger partial charge in [-0.1, -0.05) is 99.6 Å². The van der Waals surface area contributed by atoms with Crippen molar-refractivity contribution in [2.75, 3.05) is 72.2 Å². The van der Waals surface area contributed by atoms with Crippen molar-refractivity contribution in [2.45, 2.75) is 97.1 Å². The molecule has 9 rings (SSSR count). The van der Waals surface area contributed by atoms with Crippen LogP contribution in [0.15, 0.2) is 146 Å². The highest BCUT2D eigenvalue weighted by Gasteiger charge is 2.39. The third-order valence-electron chi connectivity index (χ3n) is 16.1. The number of rotatable bonds is 21. The Balaban J connectivity index is 0.773. The Labute approximate surface area is 512 Å². The lowest BCUT2D eigenvalue weighted by molar-refractivity contribution is -0.139. The standard InChI is InChI=1S/C67H76N10O11/c1-8-60(79)76-42(4)37-58(55-19-13-14-20-57(55)76)77(49-29-25-46(26-30-49)70-59(78)38-68-65(83)72-48-27-31-50(32-28-48)86-36-35-75-34-33-74(7)64(82)44(75)6)67(85)88-39-45-21-23-47(24-22-45)71-62(80)43(5)69-63(81)61(41(2)3)73-66(84)87-40-56-53-17-11-9-15-51(53)52-16-10-12-18-54(52)56/h9-32,41-44,56,58,61H,8,33-40H2,1-7H3,(H,69,81)(H,70,78)(H,71,80)(H,73,84)(H2,68,72,83)/t42-,43-,44+,58+,61-/m0/s1. The van der Waals surface area contributed by atoms with Crippen LogP contribution in [0.5, 0.6) is 5.75 Å². The molecule has 6 aromatic carbocycles. The van der Waals surface area contributed by atoms with Gasteiger partial charge in [0.1, 0.15) is 37.7 Å². The number of carbonyl (C=O) groups is 8. The van der Waals surface area contributed by atoms with Crippen LogP contribution < -0.4 is 46.4 Å². The molecule has 3 aliphatic rings. The third-order valence-corrected chi connectivity index (χ3v) is 16.1. The lowest BCUT2D eigenvalue weighted by Gasteiger charge is -2.43. The second kappa shape index (κ2) is 28.6. The van der Waals surface area contributed by atoms with Crippen molar-refractivity contribution in [3.63, 3.8) is 0 Å². The molecule has 0 unspecified atom stereocenters. The third kappa shape index (κ3) is 15.1. The number of ether oxygens (including phenoxy) is 3. The summed E-state index contributed by atoms with van der Waals surface area (Å²) < 4.78 is 17.6. The molecule has 0 aromatic heterocycles. The first-order valence-corrected chi connectivity index (χ1v) is 29.7. The van der Waals surface area contributed by atoms with Gasteiger partial charge in [0.2, 0.25) is 29.5 Å². The number of anilines is 5. The molecular weight excluding hydrogens is 1120 g/mol. The van der Waals surface area contributed by atoms with Crippen molar-refractivity contribution in [1.82, 2.24) is 25.8 Å². The fourth-order valence-corrected chi connectivity index (χ4v) is 11.3. The maximum atomic E-state index is 14.5. The molecule has 1 aliphatic carbocycles. The summed E-state index contributed by atoms with van der Waals surface area (Å²) in [6.07, 6.45) is -0.761. The van der Waals surface area contributed by atoms with Crippen LogP contribution in [-0.4, -0.2) is 128 Å². The van der Waals surface area contributed by atoms with E-state index in [0.717, 1.165) is 34.4 Å². The van der Waals surface area contributed by atoms with Crippen molar-refractivity contribution in [3.8, 4) is 16.9 Å². The number of para-hydroxylation sites is 1. The van der Waals surface area contributed by atoms with E-state index in [4.69, 9.17) is 14.2 Å². The van der Waals surface area contributed by atoms with Crippen LogP contribution in [0.25, 0.3) is 11.1 Å². The average molecular weight is 1200 g/mol. The van der Waals surface area contributed by atoms with Crippen molar-refractivity contribution in [2.24, 2.45) is 5.92 Å². The Kier molecular flexibility index (Phi) is 20.4. The molecular formula is C67H76N10O11. The highest BCUT2D eigenvalue weighted by Crippen LogP contribution is 2.45. The molecule has 0 saturated carbocycles. The van der Waals surface area contributed by atoms with E-state index in [1.807, 2.05) is 86.6 Å². The Morgan fingerprint density at radius 3 is 1.93 bits per heavy atom. The fraction of sp³-hybridized carbons (Fsp3) is 0.343. The minimum absolute atomic E-state index is 0.0536. The highest BCUT2D eigenvalue weighted by molar-refractivity contribution is 6.00. The van der Waals surface area contributed by atoms with Gasteiger partial charge in [0.15, 0.2) is 0 Å². The predicted octanol–water partition coefficient (Wildman–Crippen LogP) is 9.41. The molecule has 460 valence electrons. The smallest absolute Gasteiger partial charge is 0.415 e. The number of fused-ring (bicyclic) bond motifs is 4. The molecule has 6 aromatic rings. The van der Waals surface area contributed by atoms with Gasteiger partial charge in [0.05, 0.1) is 18.6 Å². The van der Waals surface area contributed by atoms with Crippen LogP contribution in [-0.2, 0) is 40.1 Å². The van der Waals surface area contributed by atoms with Crippen LogP contribution in [0.4, 0.5) is 42.8 Å². The summed E-state index contributed by atoms with van der Waals surface area (Å²) in [4.78, 5) is 113. The number of amides is 9. The highest BCUT2D eigenvalue weighted by atomic mass is 16.6. The van der Waals surface area contributed by atoms with Gasteiger partial charge in [-0.25, -0.2) is 14.4 Å². The maximum Gasteiger partial charge on any atom is 0.415 e. The average Bonchev–Trinajstić information content (AvgIpc) is 1.60. The Hall–Kier alpha value is -9.76. The number of alkyl carbamates (subject to hydrolysis) is 1. The van der Waals surface area contributed by atoms with Gasteiger partial charge in [-0.3, -0.25) is 33.8 Å². The number of piperazine rings is 1. The van der Waals surface area contributed by atoms with Crippen molar-refractivity contribution < 1.29 is 52.6 Å². The quantitative estimate of drug-likeness (QED) is 0.0394. The normalized spacial score (nSPS) is 16.8. The van der Waals surface area contributed by atoms with Crippen molar-refractivity contribution in [1.29, 1.82) is 0 Å². The summed E-state index contributed by atoms with van der Waals surface area (Å²) in [6.45, 7) is 12.7. The van der Waals surface area contributed by atoms with Gasteiger partial charge < -0.3 is 55.9 Å². The molecule has 1 saturated heterocycles. The molecule has 6 N–H and O–H groups in total. The molecule has 0 bridgehead atoms. The molecule has 5 atom stereocenters. The van der Waals surface area contributed by atoms with E-state index in [1.165, 1.54) is 6.92 Å². The summed E-state index contributed by atoms with van der Waals surface area (Å²) in [6, 6.07) is 39.9. The van der Waals surface area contributed by atoms with E-state index in [0.29, 0.717) is 65.9 Å². The van der Waals surface area contributed by atoms with Crippen LogP contribution in [0, 0.1) is 5.92 Å². The largest absolute Gasteiger partial charge is 0.492 e. The molecule has 1 fully saturated rings. The number of likely N-dealkylation sites (N-methyl/N-ethyl adjacent to an activating group) is 1. The van der Waals surface area contributed by atoms with Gasteiger partial charge in [-0.15, -0.1) is 0 Å². The van der Waals surface area contributed by atoms with Crippen LogP contribution in [0.1, 0.15) is 88.6 Å². The summed E-state index contributed by atoms with van der Waals surface area (Å²) in [5, 5.41) is 16.3. The molecule has 21 heteroatoms. The van der Waals surface area contributed by atoms with Gasteiger partial charge in [0.25, 0.3) is 0 Å². The number of hydrogen-bond donors (Lipinski definition) is 6. The fourth-order valence-electron chi connectivity index (χ4n) is 11.3. The lowest BCUT2D eigenvalue weighted by atomic mass is 9.90. The van der Waals surface area contributed by atoms with Crippen molar-refractivity contribution >= 4 is 76.2 Å². The topological polar surface area (TPSA) is 249 Å². The second-order valence-corrected chi connectivity index (χ2v) is 22.6. The van der Waals surface area contributed by atoms with Crippen molar-refractivity contribution in [3.05, 3.63) is 168 Å². The second-order valence-electron chi connectivity index (χ2n) is 22.6. The number of nitrogens with one attached hydrogen (secondary N) is 6. The first kappa shape index (κ1) is 62.8. The van der Waals surface area contributed by atoms with Crippen LogP contribution >= 0.6 is 0 Å². The Morgan fingerprint density at radius 1 is 0.670 bits per heavy atom. The van der Waals surface area contributed by atoms with Gasteiger partial charge in [0, 0.05) is 73.5 Å². The number of benzene rings is 6. The molecule has 21 nitrogen and oxygen atoms in total. The molecule has 0 radical (unpaired) electrons. The number of hydrogen-bond acceptors (Lipinski definition) is 12. The van der Waals surface area contributed by atoms with Crippen LogP contribution in [0.3, 0.4) is 0 Å². The number of urea groups is 1. The van der Waals surface area contributed by atoms with E-state index in [9.17, 15) is 38.4 Å². The zero-order valence-electron chi connectivity index (χ0n) is 50.5. The summed E-state index contributed by atoms with van der Waals surface area (Å²) in [7, 11) is 1.80. The van der Waals surface area contributed by atoms with E-state index >= 15 is 0 Å². The minimum atomic E-state index is -0.994. The van der Waals surface area contributed by atoms with E-state index < -0.39 is 54.1 Å². The van der Waals surface area contributed by atoms with Gasteiger partial charge in [-0.2, -0.15) is 0 Å². The number of nitrogens with zero attached hydrogens (tertiary/aromatic N) is 4. The lowest BCUT2D eigenvalue weighted by Crippen LogP contribution is -2.55. The van der Waals surface area contributed by atoms with E-state index in [2.05, 4.69) is 36.8 Å². The Morgan fingerprint density at radius 2 is 1.27 bits per heavy atom. The summed E-state index contributed by atoms with van der Waals surface area (Å²) >= 11 is 0. The first-order valence-electron chi connectivity index (χ1n) is 29.7. The molecule has 0 spiro atoms. The van der Waals surface area contributed by atoms with Gasteiger partial charge >= 0.3 is 18.2 Å². The monoisotopic (exact) mass is 1200 g/mol. The maximum absolute atomic E-state index is 14.5. The Bertz CT molecular complexity index is 3460. The van der Waals surface area contributed by atoms with Crippen LogP contribution in [0.2, 0.25) is 0 Å². The summed E-state index contributed by atoms with van der Waals surface area (Å²) in [5.41, 5.74) is 8.10. The first-order chi connectivity index (χ1) is 42.4. The predicted molar refractivity (Wildman–Crippen MR) is 336 cm³/mol. The molecule has 88 heavy (non-hydrogen) atoms.